The number of hydrogen-bond acceptors (Lipinski definition) is 3. The van der Waals surface area contributed by atoms with Crippen molar-refractivity contribution >= 4 is 0 Å². The van der Waals surface area contributed by atoms with Crippen molar-refractivity contribution in [2.75, 3.05) is 32.8 Å². The monoisotopic (exact) mass is 226 g/mol. The van der Waals surface area contributed by atoms with Crippen molar-refractivity contribution in [3.63, 3.8) is 0 Å². The lowest BCUT2D eigenvalue weighted by molar-refractivity contribution is 0.0649. The van der Waals surface area contributed by atoms with E-state index >= 15 is 0 Å². The molecule has 2 saturated heterocycles. The summed E-state index contributed by atoms with van der Waals surface area (Å²) in [5.41, 5.74) is 0.277. The van der Waals surface area contributed by atoms with Crippen LogP contribution in [0.2, 0.25) is 0 Å². The standard InChI is InChI=1S/C13H26N2O/c1-4-12-11(5-8-16-12)9-15-7-6-14-13(2,3)10-15/h11-12,14H,4-10H2,1-3H3. The summed E-state index contributed by atoms with van der Waals surface area (Å²) in [5, 5.41) is 3.57. The van der Waals surface area contributed by atoms with Crippen molar-refractivity contribution in [3.8, 4) is 0 Å². The van der Waals surface area contributed by atoms with E-state index in [0.717, 1.165) is 19.1 Å². The molecule has 94 valence electrons. The topological polar surface area (TPSA) is 24.5 Å². The molecule has 2 atom stereocenters. The molecule has 2 aliphatic rings. The first-order chi connectivity index (χ1) is 7.61. The van der Waals surface area contributed by atoms with E-state index in [1.54, 1.807) is 0 Å². The molecule has 2 aliphatic heterocycles. The zero-order valence-corrected chi connectivity index (χ0v) is 11.0. The molecule has 0 aliphatic carbocycles. The zero-order chi connectivity index (χ0) is 11.6. The fourth-order valence-electron chi connectivity index (χ4n) is 3.09. The van der Waals surface area contributed by atoms with E-state index in [1.165, 1.54) is 32.5 Å². The molecule has 0 radical (unpaired) electrons. The number of nitrogens with one attached hydrogen (secondary N) is 1. The first-order valence-corrected chi connectivity index (χ1v) is 6.70. The first kappa shape index (κ1) is 12.3. The normalized spacial score (nSPS) is 35.4. The molecule has 1 N–H and O–H groups in total. The van der Waals surface area contributed by atoms with Crippen LogP contribution in [0.3, 0.4) is 0 Å². The summed E-state index contributed by atoms with van der Waals surface area (Å²) in [6, 6.07) is 0. The summed E-state index contributed by atoms with van der Waals surface area (Å²) in [6.07, 6.45) is 2.93. The fourth-order valence-corrected chi connectivity index (χ4v) is 3.09. The van der Waals surface area contributed by atoms with Crippen LogP contribution < -0.4 is 5.32 Å². The van der Waals surface area contributed by atoms with Crippen molar-refractivity contribution in [1.29, 1.82) is 0 Å². The Morgan fingerprint density at radius 2 is 2.25 bits per heavy atom. The Kier molecular flexibility index (Phi) is 3.88. The van der Waals surface area contributed by atoms with Gasteiger partial charge in [-0.1, -0.05) is 6.92 Å². The molecule has 0 aromatic rings. The third kappa shape index (κ3) is 2.96. The highest BCUT2D eigenvalue weighted by atomic mass is 16.5. The van der Waals surface area contributed by atoms with Gasteiger partial charge in [0.1, 0.15) is 0 Å². The summed E-state index contributed by atoms with van der Waals surface area (Å²) >= 11 is 0. The van der Waals surface area contributed by atoms with Crippen LogP contribution in [-0.4, -0.2) is 49.3 Å². The first-order valence-electron chi connectivity index (χ1n) is 6.70. The van der Waals surface area contributed by atoms with Gasteiger partial charge >= 0.3 is 0 Å². The van der Waals surface area contributed by atoms with Gasteiger partial charge in [0.05, 0.1) is 6.10 Å². The summed E-state index contributed by atoms with van der Waals surface area (Å²) in [5.74, 6) is 0.763. The fraction of sp³-hybridized carbons (Fsp3) is 1.00. The third-order valence-electron chi connectivity index (χ3n) is 3.89. The smallest absolute Gasteiger partial charge is 0.0613 e. The van der Waals surface area contributed by atoms with Crippen molar-refractivity contribution in [2.45, 2.75) is 45.3 Å². The Morgan fingerprint density at radius 3 is 2.94 bits per heavy atom. The maximum absolute atomic E-state index is 5.77. The lowest BCUT2D eigenvalue weighted by atomic mass is 9.96. The molecule has 0 aromatic heterocycles. The highest BCUT2D eigenvalue weighted by molar-refractivity contribution is 4.89. The highest BCUT2D eigenvalue weighted by Crippen LogP contribution is 2.25. The molecule has 0 amide bonds. The molecular formula is C13H26N2O. The lowest BCUT2D eigenvalue weighted by Gasteiger charge is -2.40. The Morgan fingerprint density at radius 1 is 1.44 bits per heavy atom. The molecule has 0 bridgehead atoms. The minimum Gasteiger partial charge on any atom is -0.378 e. The van der Waals surface area contributed by atoms with Crippen LogP contribution in [0.5, 0.6) is 0 Å². The Labute approximate surface area is 99.5 Å². The van der Waals surface area contributed by atoms with Gasteiger partial charge in [0.15, 0.2) is 0 Å². The van der Waals surface area contributed by atoms with Crippen molar-refractivity contribution < 1.29 is 4.74 Å². The van der Waals surface area contributed by atoms with E-state index in [9.17, 15) is 0 Å². The summed E-state index contributed by atoms with van der Waals surface area (Å²) < 4.78 is 5.77. The van der Waals surface area contributed by atoms with E-state index in [1.807, 2.05) is 0 Å². The van der Waals surface area contributed by atoms with Crippen LogP contribution >= 0.6 is 0 Å². The number of ether oxygens (including phenoxy) is 1. The van der Waals surface area contributed by atoms with E-state index in [4.69, 9.17) is 4.74 Å². The summed E-state index contributed by atoms with van der Waals surface area (Å²) in [4.78, 5) is 2.61. The van der Waals surface area contributed by atoms with E-state index in [2.05, 4.69) is 31.0 Å². The van der Waals surface area contributed by atoms with E-state index in [0.29, 0.717) is 6.10 Å². The molecule has 2 rings (SSSR count). The predicted octanol–water partition coefficient (Wildman–Crippen LogP) is 1.49. The van der Waals surface area contributed by atoms with Crippen molar-refractivity contribution in [2.24, 2.45) is 5.92 Å². The number of nitrogens with zero attached hydrogens (tertiary/aromatic N) is 1. The summed E-state index contributed by atoms with van der Waals surface area (Å²) in [6.45, 7) is 12.5. The van der Waals surface area contributed by atoms with Crippen molar-refractivity contribution in [1.82, 2.24) is 10.2 Å². The Bertz CT molecular complexity index is 230. The van der Waals surface area contributed by atoms with Crippen LogP contribution in [0.25, 0.3) is 0 Å². The second kappa shape index (κ2) is 5.03. The van der Waals surface area contributed by atoms with Crippen LogP contribution in [-0.2, 0) is 4.74 Å². The molecule has 2 heterocycles. The molecule has 0 spiro atoms. The maximum Gasteiger partial charge on any atom is 0.0613 e. The number of rotatable bonds is 3. The van der Waals surface area contributed by atoms with Crippen LogP contribution in [0.4, 0.5) is 0 Å². The van der Waals surface area contributed by atoms with Crippen LogP contribution in [0.1, 0.15) is 33.6 Å². The maximum atomic E-state index is 5.77. The largest absolute Gasteiger partial charge is 0.378 e. The van der Waals surface area contributed by atoms with Crippen molar-refractivity contribution in [3.05, 3.63) is 0 Å². The average Bonchev–Trinajstić information content (AvgIpc) is 2.63. The van der Waals surface area contributed by atoms with E-state index in [-0.39, 0.29) is 5.54 Å². The minimum atomic E-state index is 0.277. The van der Waals surface area contributed by atoms with Gasteiger partial charge in [-0.2, -0.15) is 0 Å². The van der Waals surface area contributed by atoms with Gasteiger partial charge in [0.25, 0.3) is 0 Å². The van der Waals surface area contributed by atoms with E-state index < -0.39 is 0 Å². The highest BCUT2D eigenvalue weighted by Gasteiger charge is 2.32. The second-order valence-electron chi connectivity index (χ2n) is 5.91. The Balaban J connectivity index is 1.84. The second-order valence-corrected chi connectivity index (χ2v) is 5.91. The minimum absolute atomic E-state index is 0.277. The molecule has 2 unspecified atom stereocenters. The van der Waals surface area contributed by atoms with Gasteiger partial charge < -0.3 is 10.1 Å². The van der Waals surface area contributed by atoms with Gasteiger partial charge in [0, 0.05) is 38.3 Å². The number of piperazine rings is 1. The number of hydrogen-bond donors (Lipinski definition) is 1. The molecular weight excluding hydrogens is 200 g/mol. The Hall–Kier alpha value is -0.120. The molecule has 2 fully saturated rings. The SMILES string of the molecule is CCC1OCCC1CN1CCNC(C)(C)C1. The quantitative estimate of drug-likeness (QED) is 0.789. The lowest BCUT2D eigenvalue weighted by Crippen LogP contribution is -2.57. The molecule has 0 aromatic carbocycles. The summed E-state index contributed by atoms with van der Waals surface area (Å²) in [7, 11) is 0. The third-order valence-corrected chi connectivity index (χ3v) is 3.89. The predicted molar refractivity (Wildman–Crippen MR) is 66.7 cm³/mol. The van der Waals surface area contributed by atoms with Gasteiger partial charge in [0.2, 0.25) is 0 Å². The van der Waals surface area contributed by atoms with Gasteiger partial charge in [-0.3, -0.25) is 4.90 Å². The molecule has 3 heteroatoms. The van der Waals surface area contributed by atoms with Gasteiger partial charge in [-0.05, 0) is 32.6 Å². The zero-order valence-electron chi connectivity index (χ0n) is 11.0. The molecule has 0 saturated carbocycles. The van der Waals surface area contributed by atoms with Gasteiger partial charge in [-0.25, -0.2) is 0 Å². The van der Waals surface area contributed by atoms with Crippen LogP contribution in [0.15, 0.2) is 0 Å². The molecule has 3 nitrogen and oxygen atoms in total. The molecule has 16 heavy (non-hydrogen) atoms. The average molecular weight is 226 g/mol. The van der Waals surface area contributed by atoms with Crippen LogP contribution in [0, 0.1) is 5.92 Å². The van der Waals surface area contributed by atoms with Gasteiger partial charge in [-0.15, -0.1) is 0 Å².